The number of methoxy groups -OCH3 is 2. The molecular weight excluding hydrogens is 298 g/mol. The smallest absolute Gasteiger partial charge is 0.314 e. The minimum absolute atomic E-state index is 0.224. The molecule has 2 N–H and O–H groups in total. The first-order chi connectivity index (χ1) is 11.2. The number of nitrogens with one attached hydrogen (secondary N) is 2. The van der Waals surface area contributed by atoms with Gasteiger partial charge < -0.3 is 24.6 Å². The summed E-state index contributed by atoms with van der Waals surface area (Å²) in [7, 11) is 3.21. The summed E-state index contributed by atoms with van der Waals surface area (Å²) >= 11 is 0. The molecule has 0 aliphatic carbocycles. The lowest BCUT2D eigenvalue weighted by Gasteiger charge is -2.05. The Morgan fingerprint density at radius 2 is 2.04 bits per heavy atom. The molecule has 0 saturated carbocycles. The summed E-state index contributed by atoms with van der Waals surface area (Å²) in [4.78, 5) is 11.5. The van der Waals surface area contributed by atoms with Gasteiger partial charge in [-0.15, -0.1) is 0 Å². The zero-order valence-corrected chi connectivity index (χ0v) is 13.3. The van der Waals surface area contributed by atoms with Gasteiger partial charge in [0.2, 0.25) is 0 Å². The number of nitrogens with zero attached hydrogens (tertiary/aromatic N) is 1. The van der Waals surface area contributed by atoms with E-state index in [0.717, 1.165) is 17.0 Å². The Kier molecular flexibility index (Phi) is 6.43. The zero-order chi connectivity index (χ0) is 16.5. The van der Waals surface area contributed by atoms with Crippen molar-refractivity contribution >= 4 is 6.03 Å². The van der Waals surface area contributed by atoms with Crippen LogP contribution in [0.1, 0.15) is 5.69 Å². The first kappa shape index (κ1) is 16.8. The first-order valence-electron chi connectivity index (χ1n) is 7.33. The molecular formula is C16H21N3O4. The lowest BCUT2D eigenvalue weighted by Crippen LogP contribution is -2.38. The number of urea groups is 1. The van der Waals surface area contributed by atoms with Gasteiger partial charge in [-0.3, -0.25) is 0 Å². The van der Waals surface area contributed by atoms with Crippen LogP contribution in [0.15, 0.2) is 34.9 Å². The molecule has 0 spiro atoms. The van der Waals surface area contributed by atoms with Crippen LogP contribution in [0.2, 0.25) is 0 Å². The summed E-state index contributed by atoms with van der Waals surface area (Å²) in [6, 6.07) is 9.20. The minimum Gasteiger partial charge on any atom is -0.497 e. The fourth-order valence-corrected chi connectivity index (χ4v) is 1.98. The van der Waals surface area contributed by atoms with Gasteiger partial charge in [0.15, 0.2) is 5.76 Å². The van der Waals surface area contributed by atoms with Crippen molar-refractivity contribution < 1.29 is 18.8 Å². The van der Waals surface area contributed by atoms with E-state index >= 15 is 0 Å². The van der Waals surface area contributed by atoms with Crippen LogP contribution in [0.5, 0.6) is 5.75 Å². The highest BCUT2D eigenvalue weighted by Gasteiger charge is 2.08. The second-order valence-corrected chi connectivity index (χ2v) is 4.84. The van der Waals surface area contributed by atoms with Gasteiger partial charge >= 0.3 is 6.03 Å². The van der Waals surface area contributed by atoms with Crippen LogP contribution in [-0.4, -0.2) is 45.1 Å². The van der Waals surface area contributed by atoms with Crippen LogP contribution in [0.4, 0.5) is 4.79 Å². The van der Waals surface area contributed by atoms with Gasteiger partial charge in [-0.1, -0.05) is 17.3 Å². The van der Waals surface area contributed by atoms with Crippen LogP contribution in [-0.2, 0) is 11.2 Å². The van der Waals surface area contributed by atoms with Gasteiger partial charge in [-0.2, -0.15) is 0 Å². The third kappa shape index (κ3) is 5.30. The molecule has 1 heterocycles. The molecule has 124 valence electrons. The Bertz CT molecular complexity index is 627. The third-order valence-corrected chi connectivity index (χ3v) is 3.17. The lowest BCUT2D eigenvalue weighted by atomic mass is 10.1. The lowest BCUT2D eigenvalue weighted by molar-refractivity contribution is 0.196. The first-order valence-corrected chi connectivity index (χ1v) is 7.33. The van der Waals surface area contributed by atoms with Crippen molar-refractivity contribution in [3.63, 3.8) is 0 Å². The highest BCUT2D eigenvalue weighted by atomic mass is 16.5. The molecule has 2 rings (SSSR count). The number of amides is 2. The average Bonchev–Trinajstić information content (AvgIpc) is 3.04. The summed E-state index contributed by atoms with van der Waals surface area (Å²) < 4.78 is 15.4. The number of hydrogen-bond acceptors (Lipinski definition) is 5. The number of carbonyl (C=O) groups is 1. The van der Waals surface area contributed by atoms with Crippen molar-refractivity contribution in [3.8, 4) is 17.1 Å². The Labute approximate surface area is 134 Å². The van der Waals surface area contributed by atoms with Gasteiger partial charge in [0.1, 0.15) is 5.75 Å². The van der Waals surface area contributed by atoms with Gasteiger partial charge in [0.25, 0.3) is 0 Å². The van der Waals surface area contributed by atoms with E-state index in [-0.39, 0.29) is 6.03 Å². The zero-order valence-electron chi connectivity index (χ0n) is 13.3. The van der Waals surface area contributed by atoms with E-state index < -0.39 is 0 Å². The summed E-state index contributed by atoms with van der Waals surface area (Å²) in [6.07, 6.45) is 0.588. The maximum Gasteiger partial charge on any atom is 0.314 e. The number of benzene rings is 1. The highest BCUT2D eigenvalue weighted by Crippen LogP contribution is 2.24. The van der Waals surface area contributed by atoms with Gasteiger partial charge in [-0.05, 0) is 12.1 Å². The fraction of sp³-hybridized carbons (Fsp3) is 0.375. The van der Waals surface area contributed by atoms with E-state index in [0.29, 0.717) is 31.9 Å². The number of aromatic nitrogens is 1. The average molecular weight is 319 g/mol. The van der Waals surface area contributed by atoms with E-state index in [1.165, 1.54) is 0 Å². The SMILES string of the molecule is COCCNC(=O)NCCc1cc(-c2cccc(OC)c2)on1. The van der Waals surface area contributed by atoms with Crippen LogP contribution in [0.25, 0.3) is 11.3 Å². The van der Waals surface area contributed by atoms with E-state index in [2.05, 4.69) is 15.8 Å². The Balaban J connectivity index is 1.81. The quantitative estimate of drug-likeness (QED) is 0.725. The molecule has 2 aromatic rings. The number of rotatable bonds is 8. The molecule has 0 aliphatic heterocycles. The summed E-state index contributed by atoms with van der Waals surface area (Å²) in [6.45, 7) is 1.44. The summed E-state index contributed by atoms with van der Waals surface area (Å²) in [5.41, 5.74) is 1.67. The summed E-state index contributed by atoms with van der Waals surface area (Å²) in [5.74, 6) is 1.43. The predicted molar refractivity (Wildman–Crippen MR) is 85.5 cm³/mol. The molecule has 0 bridgehead atoms. The van der Waals surface area contributed by atoms with Crippen LogP contribution >= 0.6 is 0 Å². The molecule has 2 amide bonds. The predicted octanol–water partition coefficient (Wildman–Crippen LogP) is 1.84. The van der Waals surface area contributed by atoms with E-state index in [9.17, 15) is 4.79 Å². The van der Waals surface area contributed by atoms with Crippen molar-refractivity contribution in [2.24, 2.45) is 0 Å². The maximum atomic E-state index is 11.5. The second kappa shape index (κ2) is 8.79. The molecule has 1 aromatic carbocycles. The van der Waals surface area contributed by atoms with Crippen molar-refractivity contribution in [1.82, 2.24) is 15.8 Å². The van der Waals surface area contributed by atoms with Crippen molar-refractivity contribution in [1.29, 1.82) is 0 Å². The number of hydrogen-bond donors (Lipinski definition) is 2. The van der Waals surface area contributed by atoms with Gasteiger partial charge in [0.05, 0.1) is 19.4 Å². The van der Waals surface area contributed by atoms with E-state index in [1.54, 1.807) is 14.2 Å². The van der Waals surface area contributed by atoms with Crippen molar-refractivity contribution in [2.75, 3.05) is 33.9 Å². The van der Waals surface area contributed by atoms with Crippen LogP contribution in [0, 0.1) is 0 Å². The number of ether oxygens (including phenoxy) is 2. The minimum atomic E-state index is -0.224. The summed E-state index contributed by atoms with van der Waals surface area (Å²) in [5, 5.41) is 9.44. The van der Waals surface area contributed by atoms with Crippen LogP contribution < -0.4 is 15.4 Å². The fourth-order valence-electron chi connectivity index (χ4n) is 1.98. The molecule has 0 fully saturated rings. The largest absolute Gasteiger partial charge is 0.497 e. The third-order valence-electron chi connectivity index (χ3n) is 3.17. The molecule has 7 heteroatoms. The molecule has 23 heavy (non-hydrogen) atoms. The topological polar surface area (TPSA) is 85.6 Å². The Morgan fingerprint density at radius 1 is 1.22 bits per heavy atom. The van der Waals surface area contributed by atoms with Crippen LogP contribution in [0.3, 0.4) is 0 Å². The van der Waals surface area contributed by atoms with Crippen molar-refractivity contribution in [2.45, 2.75) is 6.42 Å². The molecule has 0 atom stereocenters. The number of carbonyl (C=O) groups excluding carboxylic acids is 1. The monoisotopic (exact) mass is 319 g/mol. The Hall–Kier alpha value is -2.54. The van der Waals surface area contributed by atoms with Gasteiger partial charge in [-0.25, -0.2) is 4.79 Å². The molecule has 0 aliphatic rings. The Morgan fingerprint density at radius 3 is 2.83 bits per heavy atom. The standard InChI is InChI=1S/C16H21N3O4/c1-21-9-8-18-16(20)17-7-6-13-11-15(23-19-13)12-4-3-5-14(10-12)22-2/h3-5,10-11H,6-9H2,1-2H3,(H2,17,18,20). The molecule has 0 radical (unpaired) electrons. The normalized spacial score (nSPS) is 10.3. The van der Waals surface area contributed by atoms with Crippen molar-refractivity contribution in [3.05, 3.63) is 36.0 Å². The van der Waals surface area contributed by atoms with E-state index in [1.807, 2.05) is 30.3 Å². The molecule has 1 aromatic heterocycles. The molecule has 7 nitrogen and oxygen atoms in total. The second-order valence-electron chi connectivity index (χ2n) is 4.84. The maximum absolute atomic E-state index is 11.5. The molecule has 0 saturated heterocycles. The highest BCUT2D eigenvalue weighted by molar-refractivity contribution is 5.73. The van der Waals surface area contributed by atoms with Gasteiger partial charge in [0, 0.05) is 38.2 Å². The van der Waals surface area contributed by atoms with E-state index in [4.69, 9.17) is 14.0 Å². The molecule has 0 unspecified atom stereocenters.